The van der Waals surface area contributed by atoms with Crippen LogP contribution in [0.4, 0.5) is 0 Å². The van der Waals surface area contributed by atoms with Crippen molar-refractivity contribution in [2.75, 3.05) is 26.3 Å². The number of rotatable bonds is 4. The van der Waals surface area contributed by atoms with Crippen LogP contribution in [0.2, 0.25) is 0 Å². The Morgan fingerprint density at radius 3 is 3.05 bits per heavy atom. The first-order chi connectivity index (χ1) is 10.6. The summed E-state index contributed by atoms with van der Waals surface area (Å²) < 4.78 is 7.38. The van der Waals surface area contributed by atoms with Gasteiger partial charge in [0, 0.05) is 38.8 Å². The molecule has 3 heterocycles. The number of nitrogens with zero attached hydrogens (tertiary/aromatic N) is 3. The van der Waals surface area contributed by atoms with Crippen LogP contribution >= 0.6 is 0 Å². The Kier molecular flexibility index (Phi) is 4.46. The largest absolute Gasteiger partial charge is 0.396 e. The van der Waals surface area contributed by atoms with Crippen molar-refractivity contribution in [3.63, 3.8) is 0 Å². The van der Waals surface area contributed by atoms with Gasteiger partial charge in [0.2, 0.25) is 0 Å². The molecule has 3 atom stereocenters. The Labute approximate surface area is 130 Å². The third kappa shape index (κ3) is 3.16. The van der Waals surface area contributed by atoms with Crippen molar-refractivity contribution in [1.82, 2.24) is 20.0 Å². The monoisotopic (exact) mass is 308 g/mol. The number of morpholine rings is 1. The van der Waals surface area contributed by atoms with Crippen molar-refractivity contribution in [3.05, 3.63) is 17.5 Å². The average Bonchev–Trinajstić information content (AvgIpc) is 3.01. The first-order valence-electron chi connectivity index (χ1n) is 7.85. The third-order valence-electron chi connectivity index (χ3n) is 4.51. The minimum Gasteiger partial charge on any atom is -0.396 e. The molecule has 22 heavy (non-hydrogen) atoms. The van der Waals surface area contributed by atoms with Crippen LogP contribution in [0.5, 0.6) is 0 Å². The molecule has 7 heteroatoms. The van der Waals surface area contributed by atoms with E-state index in [1.165, 1.54) is 0 Å². The van der Waals surface area contributed by atoms with E-state index in [4.69, 9.17) is 9.84 Å². The van der Waals surface area contributed by atoms with Gasteiger partial charge in [0.1, 0.15) is 5.69 Å². The highest BCUT2D eigenvalue weighted by molar-refractivity contribution is 5.92. The Hall–Kier alpha value is -1.44. The van der Waals surface area contributed by atoms with Crippen LogP contribution in [0.15, 0.2) is 6.07 Å². The van der Waals surface area contributed by atoms with Gasteiger partial charge in [-0.25, -0.2) is 0 Å². The summed E-state index contributed by atoms with van der Waals surface area (Å²) in [5, 5.41) is 16.3. The van der Waals surface area contributed by atoms with Gasteiger partial charge in [-0.05, 0) is 25.8 Å². The van der Waals surface area contributed by atoms with Gasteiger partial charge in [-0.1, -0.05) is 0 Å². The molecular formula is C15H24N4O3. The second-order valence-corrected chi connectivity index (χ2v) is 6.28. The standard InChI is InChI=1S/C15H24N4O3/c1-10-5-14(18(2)17-10)15(21)16-11-6-12-9-22-13(3-4-20)8-19(12)7-11/h5,11-13,20H,3-4,6-9H2,1-2H3,(H,16,21)/t11-,12+,13+/m1/s1. The van der Waals surface area contributed by atoms with Gasteiger partial charge in [-0.3, -0.25) is 14.4 Å². The summed E-state index contributed by atoms with van der Waals surface area (Å²) >= 11 is 0. The molecule has 0 aliphatic carbocycles. The average molecular weight is 308 g/mol. The minimum atomic E-state index is -0.0687. The van der Waals surface area contributed by atoms with Gasteiger partial charge in [-0.15, -0.1) is 0 Å². The first kappa shape index (κ1) is 15.5. The van der Waals surface area contributed by atoms with Crippen LogP contribution in [0.3, 0.4) is 0 Å². The van der Waals surface area contributed by atoms with Crippen LogP contribution in [-0.2, 0) is 11.8 Å². The van der Waals surface area contributed by atoms with Gasteiger partial charge < -0.3 is 15.2 Å². The number of hydrogen-bond acceptors (Lipinski definition) is 5. The molecule has 1 amide bonds. The lowest BCUT2D eigenvalue weighted by molar-refractivity contribution is -0.0566. The van der Waals surface area contributed by atoms with Crippen LogP contribution in [0, 0.1) is 6.92 Å². The summed E-state index contributed by atoms with van der Waals surface area (Å²) in [5.41, 5.74) is 1.44. The number of ether oxygens (including phenoxy) is 1. The molecule has 2 saturated heterocycles. The van der Waals surface area contributed by atoms with Crippen LogP contribution in [0.25, 0.3) is 0 Å². The second kappa shape index (κ2) is 6.36. The number of aromatic nitrogens is 2. The van der Waals surface area contributed by atoms with Gasteiger partial charge in [0.05, 0.1) is 18.4 Å². The zero-order chi connectivity index (χ0) is 15.7. The van der Waals surface area contributed by atoms with Gasteiger partial charge in [0.15, 0.2) is 0 Å². The molecule has 3 rings (SSSR count). The van der Waals surface area contributed by atoms with E-state index in [0.29, 0.717) is 24.8 Å². The van der Waals surface area contributed by atoms with E-state index in [9.17, 15) is 4.79 Å². The summed E-state index contributed by atoms with van der Waals surface area (Å²) in [5.74, 6) is -0.0687. The fourth-order valence-electron chi connectivity index (χ4n) is 3.45. The lowest BCUT2D eigenvalue weighted by atomic mass is 10.1. The second-order valence-electron chi connectivity index (χ2n) is 6.28. The predicted molar refractivity (Wildman–Crippen MR) is 80.6 cm³/mol. The highest BCUT2D eigenvalue weighted by Gasteiger charge is 2.37. The van der Waals surface area contributed by atoms with E-state index in [2.05, 4.69) is 15.3 Å². The number of carbonyl (C=O) groups is 1. The molecular weight excluding hydrogens is 284 g/mol. The summed E-state index contributed by atoms with van der Waals surface area (Å²) in [6.07, 6.45) is 1.69. The van der Waals surface area contributed by atoms with Crippen molar-refractivity contribution in [2.24, 2.45) is 7.05 Å². The summed E-state index contributed by atoms with van der Waals surface area (Å²) in [4.78, 5) is 14.7. The molecule has 0 aromatic carbocycles. The number of hydrogen-bond donors (Lipinski definition) is 2. The van der Waals surface area contributed by atoms with Crippen molar-refractivity contribution in [1.29, 1.82) is 0 Å². The molecule has 2 aliphatic heterocycles. The van der Waals surface area contributed by atoms with E-state index >= 15 is 0 Å². The fraction of sp³-hybridized carbons (Fsp3) is 0.733. The third-order valence-corrected chi connectivity index (χ3v) is 4.51. The normalized spacial score (nSPS) is 28.6. The van der Waals surface area contributed by atoms with E-state index in [1.54, 1.807) is 17.8 Å². The van der Waals surface area contributed by atoms with Crippen LogP contribution < -0.4 is 5.32 Å². The molecule has 0 unspecified atom stereocenters. The van der Waals surface area contributed by atoms with Crippen molar-refractivity contribution < 1.29 is 14.6 Å². The molecule has 0 saturated carbocycles. The SMILES string of the molecule is Cc1cc(C(=O)N[C@@H]2C[C@H]3CO[C@@H](CCO)CN3C2)n(C)n1. The molecule has 0 bridgehead atoms. The quantitative estimate of drug-likeness (QED) is 0.797. The lowest BCUT2D eigenvalue weighted by Gasteiger charge is -2.34. The van der Waals surface area contributed by atoms with E-state index in [-0.39, 0.29) is 24.7 Å². The van der Waals surface area contributed by atoms with Gasteiger partial charge >= 0.3 is 0 Å². The predicted octanol–water partition coefficient (Wildman–Crippen LogP) is -0.318. The van der Waals surface area contributed by atoms with Crippen molar-refractivity contribution in [2.45, 2.75) is 38.0 Å². The summed E-state index contributed by atoms with van der Waals surface area (Å²) in [6.45, 7) is 4.40. The Bertz CT molecular complexity index is 545. The highest BCUT2D eigenvalue weighted by Crippen LogP contribution is 2.24. The molecule has 122 valence electrons. The van der Waals surface area contributed by atoms with E-state index in [1.807, 2.05) is 6.92 Å². The first-order valence-corrected chi connectivity index (χ1v) is 7.85. The molecule has 2 aliphatic rings. The van der Waals surface area contributed by atoms with Crippen molar-refractivity contribution in [3.8, 4) is 0 Å². The Morgan fingerprint density at radius 2 is 2.36 bits per heavy atom. The summed E-state index contributed by atoms with van der Waals surface area (Å²) in [6, 6.07) is 2.32. The fourth-order valence-corrected chi connectivity index (χ4v) is 3.45. The summed E-state index contributed by atoms with van der Waals surface area (Å²) in [7, 11) is 1.78. The number of amides is 1. The maximum absolute atomic E-state index is 12.4. The molecule has 0 radical (unpaired) electrons. The molecule has 2 fully saturated rings. The smallest absolute Gasteiger partial charge is 0.269 e. The molecule has 0 spiro atoms. The lowest BCUT2D eigenvalue weighted by Crippen LogP contribution is -2.46. The number of aliphatic hydroxyl groups excluding tert-OH is 1. The zero-order valence-corrected chi connectivity index (χ0v) is 13.2. The van der Waals surface area contributed by atoms with E-state index in [0.717, 1.165) is 25.2 Å². The topological polar surface area (TPSA) is 79.6 Å². The molecule has 1 aromatic heterocycles. The maximum atomic E-state index is 12.4. The maximum Gasteiger partial charge on any atom is 0.269 e. The minimum absolute atomic E-state index is 0.0687. The number of aliphatic hydroxyl groups is 1. The number of aryl methyl sites for hydroxylation is 2. The number of nitrogens with one attached hydrogen (secondary N) is 1. The zero-order valence-electron chi connectivity index (χ0n) is 13.2. The number of carbonyl (C=O) groups excluding carboxylic acids is 1. The van der Waals surface area contributed by atoms with Crippen LogP contribution in [0.1, 0.15) is 29.0 Å². The molecule has 2 N–H and O–H groups in total. The number of fused-ring (bicyclic) bond motifs is 1. The molecule has 1 aromatic rings. The van der Waals surface area contributed by atoms with Gasteiger partial charge in [0.25, 0.3) is 5.91 Å². The Morgan fingerprint density at radius 1 is 1.55 bits per heavy atom. The highest BCUT2D eigenvalue weighted by atomic mass is 16.5. The Balaban J connectivity index is 1.57. The van der Waals surface area contributed by atoms with E-state index < -0.39 is 0 Å². The van der Waals surface area contributed by atoms with Crippen molar-refractivity contribution >= 4 is 5.91 Å². The molecule has 7 nitrogen and oxygen atoms in total. The van der Waals surface area contributed by atoms with Gasteiger partial charge in [-0.2, -0.15) is 5.10 Å². The van der Waals surface area contributed by atoms with Crippen LogP contribution in [-0.4, -0.2) is 70.2 Å².